The van der Waals surface area contributed by atoms with E-state index < -0.39 is 11.5 Å². The smallest absolute Gasteiger partial charge is 0.323 e. The molecule has 0 aromatic carbocycles. The lowest BCUT2D eigenvalue weighted by molar-refractivity contribution is -0.145. The Balaban J connectivity index is 1.50. The first-order valence-electron chi connectivity index (χ1n) is 8.38. The molecule has 3 rings (SSSR count). The predicted molar refractivity (Wildman–Crippen MR) is 78.8 cm³/mol. The van der Waals surface area contributed by atoms with Crippen LogP contribution < -0.4 is 5.32 Å². The highest BCUT2D eigenvalue weighted by atomic mass is 16.4. The third-order valence-corrected chi connectivity index (χ3v) is 5.64. The fraction of sp³-hybridized carbons (Fsp3) is 0.938. The molecule has 0 aromatic heterocycles. The van der Waals surface area contributed by atoms with Gasteiger partial charge in [-0.05, 0) is 63.8 Å². The third-order valence-electron chi connectivity index (χ3n) is 5.64. The number of carboxylic acids is 1. The summed E-state index contributed by atoms with van der Waals surface area (Å²) in [5, 5.41) is 13.0. The van der Waals surface area contributed by atoms with E-state index in [1.807, 2.05) is 6.92 Å². The normalized spacial score (nSPS) is 32.5. The molecule has 4 heteroatoms. The maximum absolute atomic E-state index is 11.7. The van der Waals surface area contributed by atoms with Crippen LogP contribution in [0.25, 0.3) is 0 Å². The maximum atomic E-state index is 11.7. The van der Waals surface area contributed by atoms with Gasteiger partial charge < -0.3 is 10.0 Å². The van der Waals surface area contributed by atoms with E-state index in [9.17, 15) is 9.90 Å². The van der Waals surface area contributed by atoms with Gasteiger partial charge in [0.2, 0.25) is 0 Å². The molecule has 20 heavy (non-hydrogen) atoms. The van der Waals surface area contributed by atoms with Crippen molar-refractivity contribution in [2.45, 2.75) is 75.9 Å². The van der Waals surface area contributed by atoms with E-state index in [2.05, 4.69) is 10.2 Å². The number of hydrogen-bond donors (Lipinski definition) is 2. The SMILES string of the molecule is CCC(CCCN1CC2CCC1C2)(NC1CC1)C(=O)O. The largest absolute Gasteiger partial charge is 0.480 e. The molecule has 3 unspecified atom stereocenters. The molecule has 3 aliphatic rings. The first-order chi connectivity index (χ1) is 9.63. The van der Waals surface area contributed by atoms with Gasteiger partial charge in [0, 0.05) is 18.6 Å². The summed E-state index contributed by atoms with van der Waals surface area (Å²) < 4.78 is 0. The van der Waals surface area contributed by atoms with Crippen LogP contribution in [0.5, 0.6) is 0 Å². The number of fused-ring (bicyclic) bond motifs is 2. The lowest BCUT2D eigenvalue weighted by Gasteiger charge is -2.32. The van der Waals surface area contributed by atoms with Crippen molar-refractivity contribution >= 4 is 5.97 Å². The van der Waals surface area contributed by atoms with Crippen molar-refractivity contribution < 1.29 is 9.90 Å². The van der Waals surface area contributed by atoms with Crippen molar-refractivity contribution in [2.75, 3.05) is 13.1 Å². The number of nitrogens with one attached hydrogen (secondary N) is 1. The van der Waals surface area contributed by atoms with Crippen LogP contribution in [-0.4, -0.2) is 46.7 Å². The second-order valence-corrected chi connectivity index (χ2v) is 7.09. The van der Waals surface area contributed by atoms with Crippen molar-refractivity contribution in [1.82, 2.24) is 10.2 Å². The highest BCUT2D eigenvalue weighted by molar-refractivity contribution is 5.78. The molecule has 3 atom stereocenters. The van der Waals surface area contributed by atoms with Gasteiger partial charge in [-0.2, -0.15) is 0 Å². The van der Waals surface area contributed by atoms with Crippen LogP contribution in [0.3, 0.4) is 0 Å². The standard InChI is InChI=1S/C16H28N2O2/c1-2-16(15(19)20,17-13-5-6-13)8-3-9-18-11-12-4-7-14(18)10-12/h12-14,17H,2-11H2,1H3,(H,19,20). The van der Waals surface area contributed by atoms with E-state index in [0.717, 1.165) is 44.2 Å². The van der Waals surface area contributed by atoms with Gasteiger partial charge in [-0.15, -0.1) is 0 Å². The van der Waals surface area contributed by atoms with Gasteiger partial charge in [0.15, 0.2) is 0 Å². The molecule has 0 amide bonds. The van der Waals surface area contributed by atoms with Crippen LogP contribution in [0.4, 0.5) is 0 Å². The second kappa shape index (κ2) is 5.64. The molecule has 114 valence electrons. The zero-order valence-electron chi connectivity index (χ0n) is 12.6. The molecule has 2 N–H and O–H groups in total. The van der Waals surface area contributed by atoms with Crippen LogP contribution in [0.1, 0.15) is 58.3 Å². The van der Waals surface area contributed by atoms with Gasteiger partial charge in [-0.3, -0.25) is 10.1 Å². The van der Waals surface area contributed by atoms with Crippen LogP contribution in [0, 0.1) is 5.92 Å². The summed E-state index contributed by atoms with van der Waals surface area (Å²) in [6.07, 6.45) is 8.91. The number of rotatable bonds is 8. The summed E-state index contributed by atoms with van der Waals surface area (Å²) in [5.41, 5.74) is -0.681. The number of carbonyl (C=O) groups is 1. The number of likely N-dealkylation sites (tertiary alicyclic amines) is 1. The molecule has 2 bridgehead atoms. The molecule has 2 aliphatic carbocycles. The lowest BCUT2D eigenvalue weighted by atomic mass is 9.90. The Morgan fingerprint density at radius 2 is 2.15 bits per heavy atom. The summed E-state index contributed by atoms with van der Waals surface area (Å²) in [5.74, 6) is 0.273. The predicted octanol–water partition coefficient (Wildman–Crippen LogP) is 2.24. The average Bonchev–Trinajstić information content (AvgIpc) is 2.99. The first kappa shape index (κ1) is 14.3. The Hall–Kier alpha value is -0.610. The molecule has 2 saturated carbocycles. The minimum absolute atomic E-state index is 0.453. The third kappa shape index (κ3) is 2.86. The Labute approximate surface area is 121 Å². The summed E-state index contributed by atoms with van der Waals surface area (Å²) in [6.45, 7) is 4.34. The number of aliphatic carboxylic acids is 1. The highest BCUT2D eigenvalue weighted by Gasteiger charge is 2.42. The maximum Gasteiger partial charge on any atom is 0.323 e. The number of nitrogens with zero attached hydrogens (tertiary/aromatic N) is 1. The topological polar surface area (TPSA) is 52.6 Å². The van der Waals surface area contributed by atoms with Gasteiger partial charge in [0.1, 0.15) is 5.54 Å². The number of carboxylic acid groups (broad SMARTS) is 1. The molecule has 3 fully saturated rings. The van der Waals surface area contributed by atoms with Crippen LogP contribution >= 0.6 is 0 Å². The molecular weight excluding hydrogens is 252 g/mol. The van der Waals surface area contributed by atoms with Crippen molar-refractivity contribution in [3.05, 3.63) is 0 Å². The zero-order valence-corrected chi connectivity index (χ0v) is 12.6. The first-order valence-corrected chi connectivity index (χ1v) is 8.38. The molecule has 1 saturated heterocycles. The number of hydrogen-bond acceptors (Lipinski definition) is 3. The summed E-state index contributed by atoms with van der Waals surface area (Å²) >= 11 is 0. The summed E-state index contributed by atoms with van der Waals surface area (Å²) in [4.78, 5) is 14.3. The van der Waals surface area contributed by atoms with Gasteiger partial charge in [-0.25, -0.2) is 0 Å². The molecule has 1 heterocycles. The van der Waals surface area contributed by atoms with Gasteiger partial charge in [0.05, 0.1) is 0 Å². The Morgan fingerprint density at radius 1 is 1.35 bits per heavy atom. The molecule has 0 radical (unpaired) electrons. The van der Waals surface area contributed by atoms with Crippen LogP contribution in [0.15, 0.2) is 0 Å². The Morgan fingerprint density at radius 3 is 2.65 bits per heavy atom. The van der Waals surface area contributed by atoms with Crippen LogP contribution in [-0.2, 0) is 4.79 Å². The average molecular weight is 280 g/mol. The van der Waals surface area contributed by atoms with Crippen molar-refractivity contribution in [3.8, 4) is 0 Å². The van der Waals surface area contributed by atoms with E-state index in [-0.39, 0.29) is 0 Å². The monoisotopic (exact) mass is 280 g/mol. The minimum Gasteiger partial charge on any atom is -0.480 e. The fourth-order valence-corrected chi connectivity index (χ4v) is 4.17. The number of piperidine rings is 1. The Kier molecular flexibility index (Phi) is 4.04. The van der Waals surface area contributed by atoms with E-state index >= 15 is 0 Å². The summed E-state index contributed by atoms with van der Waals surface area (Å²) in [7, 11) is 0. The van der Waals surface area contributed by atoms with Crippen molar-refractivity contribution in [3.63, 3.8) is 0 Å². The van der Waals surface area contributed by atoms with Crippen LogP contribution in [0.2, 0.25) is 0 Å². The van der Waals surface area contributed by atoms with Crippen molar-refractivity contribution in [1.29, 1.82) is 0 Å². The van der Waals surface area contributed by atoms with E-state index in [4.69, 9.17) is 0 Å². The Bertz CT molecular complexity index is 369. The fourth-order valence-electron chi connectivity index (χ4n) is 4.17. The second-order valence-electron chi connectivity index (χ2n) is 7.09. The van der Waals surface area contributed by atoms with Gasteiger partial charge in [-0.1, -0.05) is 6.92 Å². The molecule has 1 aliphatic heterocycles. The molecule has 0 aromatic rings. The molecule has 0 spiro atoms. The van der Waals surface area contributed by atoms with E-state index in [1.165, 1.54) is 25.8 Å². The minimum atomic E-state index is -0.681. The van der Waals surface area contributed by atoms with Gasteiger partial charge in [0.25, 0.3) is 0 Å². The van der Waals surface area contributed by atoms with Crippen molar-refractivity contribution in [2.24, 2.45) is 5.92 Å². The zero-order chi connectivity index (χ0) is 14.2. The summed E-state index contributed by atoms with van der Waals surface area (Å²) in [6, 6.07) is 1.26. The quantitative estimate of drug-likeness (QED) is 0.716. The van der Waals surface area contributed by atoms with E-state index in [0.29, 0.717) is 12.5 Å². The molecular formula is C16H28N2O2. The molecule has 4 nitrogen and oxygen atoms in total. The van der Waals surface area contributed by atoms with E-state index in [1.54, 1.807) is 0 Å². The lowest BCUT2D eigenvalue weighted by Crippen LogP contribution is -2.53. The highest BCUT2D eigenvalue weighted by Crippen LogP contribution is 2.37. The van der Waals surface area contributed by atoms with Gasteiger partial charge >= 0.3 is 5.97 Å².